The summed E-state index contributed by atoms with van der Waals surface area (Å²) in [5.41, 5.74) is 0.549. The van der Waals surface area contributed by atoms with Gasteiger partial charge in [0.2, 0.25) is 11.8 Å². The zero-order valence-electron chi connectivity index (χ0n) is 11.7. The zero-order chi connectivity index (χ0) is 15.1. The van der Waals surface area contributed by atoms with Crippen LogP contribution in [0.4, 0.5) is 8.78 Å². The summed E-state index contributed by atoms with van der Waals surface area (Å²) in [7, 11) is 0. The van der Waals surface area contributed by atoms with E-state index < -0.39 is 6.61 Å². The Kier molecular flexibility index (Phi) is 5.62. The quantitative estimate of drug-likeness (QED) is 0.759. The summed E-state index contributed by atoms with van der Waals surface area (Å²) in [5.74, 6) is 0.862. The standard InChI is InChI=1S/C14H17F2N3O2/c1-2-7-17-8-6-12-18-19-13(21-12)10-4-3-5-11(9-10)20-14(15)16/h3-5,9,14,17H,2,6-8H2,1H3. The lowest BCUT2D eigenvalue weighted by Gasteiger charge is -2.04. The van der Waals surface area contributed by atoms with Crippen LogP contribution in [0.15, 0.2) is 28.7 Å². The fourth-order valence-electron chi connectivity index (χ4n) is 1.77. The molecule has 1 aromatic heterocycles. The molecule has 5 nitrogen and oxygen atoms in total. The lowest BCUT2D eigenvalue weighted by molar-refractivity contribution is -0.0498. The number of nitrogens with zero attached hydrogens (tertiary/aromatic N) is 2. The number of hydrogen-bond acceptors (Lipinski definition) is 5. The van der Waals surface area contributed by atoms with Crippen molar-refractivity contribution < 1.29 is 17.9 Å². The van der Waals surface area contributed by atoms with Crippen molar-refractivity contribution in [2.45, 2.75) is 26.4 Å². The van der Waals surface area contributed by atoms with Crippen molar-refractivity contribution in [2.75, 3.05) is 13.1 Å². The number of aromatic nitrogens is 2. The van der Waals surface area contributed by atoms with E-state index in [-0.39, 0.29) is 5.75 Å². The molecule has 0 fully saturated rings. The fraction of sp³-hybridized carbons (Fsp3) is 0.429. The molecular formula is C14H17F2N3O2. The van der Waals surface area contributed by atoms with E-state index in [4.69, 9.17) is 4.42 Å². The van der Waals surface area contributed by atoms with Crippen molar-refractivity contribution in [3.05, 3.63) is 30.2 Å². The minimum atomic E-state index is -2.86. The summed E-state index contributed by atoms with van der Waals surface area (Å²) in [4.78, 5) is 0. The summed E-state index contributed by atoms with van der Waals surface area (Å²) < 4.78 is 34.2. The van der Waals surface area contributed by atoms with E-state index in [0.29, 0.717) is 23.8 Å². The molecule has 7 heteroatoms. The van der Waals surface area contributed by atoms with Gasteiger partial charge in [0.1, 0.15) is 5.75 Å². The average molecular weight is 297 g/mol. The second-order valence-electron chi connectivity index (χ2n) is 4.41. The summed E-state index contributed by atoms with van der Waals surface area (Å²) in [5, 5.41) is 11.1. The Labute approximate surface area is 121 Å². The minimum Gasteiger partial charge on any atom is -0.435 e. The monoisotopic (exact) mass is 297 g/mol. The second-order valence-corrected chi connectivity index (χ2v) is 4.41. The maximum Gasteiger partial charge on any atom is 0.387 e. The van der Waals surface area contributed by atoms with Crippen LogP contribution in [0.3, 0.4) is 0 Å². The first-order valence-corrected chi connectivity index (χ1v) is 6.77. The van der Waals surface area contributed by atoms with Gasteiger partial charge in [-0.25, -0.2) is 0 Å². The van der Waals surface area contributed by atoms with Gasteiger partial charge in [0.25, 0.3) is 0 Å². The molecule has 0 aliphatic rings. The molecule has 21 heavy (non-hydrogen) atoms. The van der Waals surface area contributed by atoms with Gasteiger partial charge in [-0.15, -0.1) is 10.2 Å². The van der Waals surface area contributed by atoms with Crippen LogP contribution in [-0.4, -0.2) is 29.9 Å². The van der Waals surface area contributed by atoms with E-state index in [0.717, 1.165) is 19.5 Å². The molecule has 114 valence electrons. The molecule has 0 saturated carbocycles. The maximum atomic E-state index is 12.2. The lowest BCUT2D eigenvalue weighted by Crippen LogP contribution is -2.17. The van der Waals surface area contributed by atoms with E-state index in [1.54, 1.807) is 12.1 Å². The Morgan fingerprint density at radius 3 is 2.90 bits per heavy atom. The maximum absolute atomic E-state index is 12.2. The van der Waals surface area contributed by atoms with Gasteiger partial charge in [0.05, 0.1) is 0 Å². The summed E-state index contributed by atoms with van der Waals surface area (Å²) >= 11 is 0. The zero-order valence-corrected chi connectivity index (χ0v) is 11.7. The molecule has 0 bridgehead atoms. The summed E-state index contributed by atoms with van der Waals surface area (Å²) in [6.07, 6.45) is 1.69. The molecule has 0 amide bonds. The highest BCUT2D eigenvalue weighted by molar-refractivity contribution is 5.55. The van der Waals surface area contributed by atoms with Crippen LogP contribution >= 0.6 is 0 Å². The Morgan fingerprint density at radius 2 is 2.14 bits per heavy atom. The molecule has 0 unspecified atom stereocenters. The van der Waals surface area contributed by atoms with Crippen LogP contribution < -0.4 is 10.1 Å². The highest BCUT2D eigenvalue weighted by Crippen LogP contribution is 2.23. The van der Waals surface area contributed by atoms with Crippen LogP contribution in [0, 0.1) is 0 Å². The third-order valence-electron chi connectivity index (χ3n) is 2.72. The van der Waals surface area contributed by atoms with E-state index in [9.17, 15) is 8.78 Å². The van der Waals surface area contributed by atoms with Crippen molar-refractivity contribution in [3.63, 3.8) is 0 Å². The molecule has 0 radical (unpaired) electrons. The van der Waals surface area contributed by atoms with E-state index in [1.807, 2.05) is 0 Å². The van der Waals surface area contributed by atoms with E-state index in [2.05, 4.69) is 27.2 Å². The van der Waals surface area contributed by atoms with Gasteiger partial charge in [-0.2, -0.15) is 8.78 Å². The Morgan fingerprint density at radius 1 is 1.29 bits per heavy atom. The molecule has 0 aliphatic heterocycles. The van der Waals surface area contributed by atoms with Crippen LogP contribution in [0.2, 0.25) is 0 Å². The molecule has 0 aliphatic carbocycles. The average Bonchev–Trinajstić information content (AvgIpc) is 2.92. The molecule has 0 saturated heterocycles. The first kappa shape index (κ1) is 15.4. The fourth-order valence-corrected chi connectivity index (χ4v) is 1.77. The number of rotatable bonds is 8. The topological polar surface area (TPSA) is 60.2 Å². The van der Waals surface area contributed by atoms with E-state index in [1.165, 1.54) is 12.1 Å². The molecule has 1 N–H and O–H groups in total. The molecule has 1 heterocycles. The second kappa shape index (κ2) is 7.68. The van der Waals surface area contributed by atoms with Crippen molar-refractivity contribution >= 4 is 0 Å². The molecule has 1 aromatic carbocycles. The largest absolute Gasteiger partial charge is 0.435 e. The number of hydrogen-bond donors (Lipinski definition) is 1. The predicted molar refractivity (Wildman–Crippen MR) is 73.2 cm³/mol. The molecule has 2 rings (SSSR count). The molecular weight excluding hydrogens is 280 g/mol. The van der Waals surface area contributed by atoms with Gasteiger partial charge >= 0.3 is 6.61 Å². The van der Waals surface area contributed by atoms with Gasteiger partial charge in [0.15, 0.2) is 0 Å². The Hall–Kier alpha value is -2.02. The van der Waals surface area contributed by atoms with Gasteiger partial charge in [-0.05, 0) is 31.2 Å². The van der Waals surface area contributed by atoms with Gasteiger partial charge < -0.3 is 14.5 Å². The van der Waals surface area contributed by atoms with Crippen LogP contribution in [-0.2, 0) is 6.42 Å². The third kappa shape index (κ3) is 4.78. The number of halogens is 2. The van der Waals surface area contributed by atoms with Crippen LogP contribution in [0.1, 0.15) is 19.2 Å². The van der Waals surface area contributed by atoms with Gasteiger partial charge in [0, 0.05) is 18.5 Å². The lowest BCUT2D eigenvalue weighted by atomic mass is 10.2. The van der Waals surface area contributed by atoms with Crippen LogP contribution in [0.5, 0.6) is 5.75 Å². The number of nitrogens with one attached hydrogen (secondary N) is 1. The summed E-state index contributed by atoms with van der Waals surface area (Å²) in [6.45, 7) is 0.924. The molecule has 2 aromatic rings. The van der Waals surface area contributed by atoms with E-state index >= 15 is 0 Å². The van der Waals surface area contributed by atoms with Gasteiger partial charge in [-0.1, -0.05) is 13.0 Å². The van der Waals surface area contributed by atoms with Crippen molar-refractivity contribution in [3.8, 4) is 17.2 Å². The SMILES string of the molecule is CCCNCCc1nnc(-c2cccc(OC(F)F)c2)o1. The normalized spacial score (nSPS) is 11.0. The van der Waals surface area contributed by atoms with Crippen molar-refractivity contribution in [2.24, 2.45) is 0 Å². The minimum absolute atomic E-state index is 0.0619. The van der Waals surface area contributed by atoms with Crippen molar-refractivity contribution in [1.82, 2.24) is 15.5 Å². The highest BCUT2D eigenvalue weighted by atomic mass is 19.3. The first-order chi connectivity index (χ1) is 10.2. The van der Waals surface area contributed by atoms with Crippen LogP contribution in [0.25, 0.3) is 11.5 Å². The molecule has 0 atom stereocenters. The van der Waals surface area contributed by atoms with Crippen molar-refractivity contribution in [1.29, 1.82) is 0 Å². The third-order valence-corrected chi connectivity index (χ3v) is 2.72. The Balaban J connectivity index is 2.00. The predicted octanol–water partition coefficient (Wildman–Crippen LogP) is 2.88. The summed E-state index contributed by atoms with van der Waals surface area (Å²) in [6, 6.07) is 6.19. The smallest absolute Gasteiger partial charge is 0.387 e. The first-order valence-electron chi connectivity index (χ1n) is 6.77. The van der Waals surface area contributed by atoms with Gasteiger partial charge in [-0.3, -0.25) is 0 Å². The molecule has 0 spiro atoms. The number of benzene rings is 1. The number of ether oxygens (including phenoxy) is 1. The number of alkyl halides is 2. The Bertz CT molecular complexity index is 561. The highest BCUT2D eigenvalue weighted by Gasteiger charge is 2.11.